The van der Waals surface area contributed by atoms with Gasteiger partial charge in [-0.05, 0) is 43.4 Å². The van der Waals surface area contributed by atoms with Crippen molar-refractivity contribution in [3.8, 4) is 0 Å². The van der Waals surface area contributed by atoms with E-state index in [1.54, 1.807) is 0 Å². The number of anilines is 1. The first-order valence-electron chi connectivity index (χ1n) is 6.07. The predicted octanol–water partition coefficient (Wildman–Crippen LogP) is 3.99. The monoisotopic (exact) mass is 203 g/mol. The molecule has 2 unspecified atom stereocenters. The van der Waals surface area contributed by atoms with Gasteiger partial charge in [-0.15, -0.1) is 0 Å². The minimum Gasteiger partial charge on any atom is -0.382 e. The zero-order valence-electron chi connectivity index (χ0n) is 9.79. The van der Waals surface area contributed by atoms with E-state index >= 15 is 0 Å². The van der Waals surface area contributed by atoms with Crippen molar-refractivity contribution in [2.45, 2.75) is 45.6 Å². The first-order valence-corrected chi connectivity index (χ1v) is 6.07. The second kappa shape index (κ2) is 4.69. The molecule has 0 spiro atoms. The molecule has 0 saturated heterocycles. The summed E-state index contributed by atoms with van der Waals surface area (Å²) in [6.45, 7) is 4.51. The Kier molecular flexibility index (Phi) is 3.30. The van der Waals surface area contributed by atoms with E-state index in [0.29, 0.717) is 6.04 Å². The van der Waals surface area contributed by atoms with Crippen molar-refractivity contribution in [1.29, 1.82) is 0 Å². The van der Waals surface area contributed by atoms with E-state index < -0.39 is 0 Å². The lowest BCUT2D eigenvalue weighted by molar-refractivity contribution is 0.358. The van der Waals surface area contributed by atoms with Crippen LogP contribution in [0.15, 0.2) is 24.3 Å². The van der Waals surface area contributed by atoms with Crippen molar-refractivity contribution >= 4 is 5.69 Å². The summed E-state index contributed by atoms with van der Waals surface area (Å²) in [5, 5.41) is 3.65. The van der Waals surface area contributed by atoms with Crippen molar-refractivity contribution in [2.75, 3.05) is 5.32 Å². The molecule has 1 N–H and O–H groups in total. The Labute approximate surface area is 92.9 Å². The van der Waals surface area contributed by atoms with Gasteiger partial charge in [0.05, 0.1) is 0 Å². The third kappa shape index (κ3) is 2.98. The van der Waals surface area contributed by atoms with Gasteiger partial charge in [-0.1, -0.05) is 31.9 Å². The molecule has 82 valence electrons. The van der Waals surface area contributed by atoms with Gasteiger partial charge in [0.1, 0.15) is 0 Å². The molecule has 0 aliphatic heterocycles. The summed E-state index contributed by atoms with van der Waals surface area (Å²) in [6, 6.07) is 9.37. The second-order valence-corrected chi connectivity index (χ2v) is 4.98. The molecule has 0 radical (unpaired) electrons. The molecule has 0 aromatic heterocycles. The van der Waals surface area contributed by atoms with Crippen LogP contribution in [0, 0.1) is 12.8 Å². The topological polar surface area (TPSA) is 12.0 Å². The third-order valence-electron chi connectivity index (χ3n) is 3.33. The smallest absolute Gasteiger partial charge is 0.0344 e. The molecule has 0 bridgehead atoms. The van der Waals surface area contributed by atoms with E-state index in [1.165, 1.54) is 36.9 Å². The maximum atomic E-state index is 3.65. The quantitative estimate of drug-likeness (QED) is 0.766. The van der Waals surface area contributed by atoms with Gasteiger partial charge in [-0.3, -0.25) is 0 Å². The van der Waals surface area contributed by atoms with Crippen molar-refractivity contribution in [3.05, 3.63) is 29.8 Å². The number of benzene rings is 1. The lowest BCUT2D eigenvalue weighted by atomic mass is 9.87. The van der Waals surface area contributed by atoms with Crippen LogP contribution in [0.3, 0.4) is 0 Å². The fourth-order valence-electron chi connectivity index (χ4n) is 2.54. The Bertz CT molecular complexity index is 319. The van der Waals surface area contributed by atoms with Crippen molar-refractivity contribution in [3.63, 3.8) is 0 Å². The first kappa shape index (κ1) is 10.5. The molecular formula is C14H21N. The van der Waals surface area contributed by atoms with E-state index in [-0.39, 0.29) is 0 Å². The number of hydrogen-bond donors (Lipinski definition) is 1. The summed E-state index contributed by atoms with van der Waals surface area (Å²) < 4.78 is 0. The standard InChI is InChI=1S/C14H21N/c1-11-5-3-7-13(9-11)15-14-8-4-6-12(2)10-14/h3,5,7,9,12,14-15H,4,6,8,10H2,1-2H3. The van der Waals surface area contributed by atoms with Crippen LogP contribution in [0.4, 0.5) is 5.69 Å². The van der Waals surface area contributed by atoms with Crippen molar-refractivity contribution in [2.24, 2.45) is 5.92 Å². The van der Waals surface area contributed by atoms with Gasteiger partial charge in [-0.2, -0.15) is 0 Å². The van der Waals surface area contributed by atoms with Crippen LogP contribution in [0.1, 0.15) is 38.2 Å². The average Bonchev–Trinajstić information content (AvgIpc) is 2.17. The molecule has 1 aromatic rings. The van der Waals surface area contributed by atoms with E-state index in [0.717, 1.165) is 5.92 Å². The summed E-state index contributed by atoms with van der Waals surface area (Å²) in [4.78, 5) is 0. The third-order valence-corrected chi connectivity index (χ3v) is 3.33. The second-order valence-electron chi connectivity index (χ2n) is 4.98. The molecule has 1 nitrogen and oxygen atoms in total. The SMILES string of the molecule is Cc1cccc(NC2CCCC(C)C2)c1. The summed E-state index contributed by atoms with van der Waals surface area (Å²) >= 11 is 0. The fourth-order valence-corrected chi connectivity index (χ4v) is 2.54. The predicted molar refractivity (Wildman–Crippen MR) is 66.2 cm³/mol. The molecule has 1 heteroatoms. The highest BCUT2D eigenvalue weighted by Gasteiger charge is 2.18. The maximum Gasteiger partial charge on any atom is 0.0344 e. The molecule has 0 heterocycles. The Morgan fingerprint density at radius 2 is 2.13 bits per heavy atom. The van der Waals surface area contributed by atoms with Crippen LogP contribution in [-0.2, 0) is 0 Å². The van der Waals surface area contributed by atoms with Gasteiger partial charge in [0.15, 0.2) is 0 Å². The molecule has 15 heavy (non-hydrogen) atoms. The molecule has 1 aromatic carbocycles. The molecule has 1 aliphatic carbocycles. The summed E-state index contributed by atoms with van der Waals surface area (Å²) in [5.41, 5.74) is 2.62. The molecular weight excluding hydrogens is 182 g/mol. The van der Waals surface area contributed by atoms with Gasteiger partial charge in [0.25, 0.3) is 0 Å². The molecule has 1 fully saturated rings. The number of hydrogen-bond acceptors (Lipinski definition) is 1. The Balaban J connectivity index is 1.96. The molecule has 1 saturated carbocycles. The summed E-state index contributed by atoms with van der Waals surface area (Å²) in [6.07, 6.45) is 5.45. The van der Waals surface area contributed by atoms with Crippen LogP contribution in [0.5, 0.6) is 0 Å². The number of rotatable bonds is 2. The van der Waals surface area contributed by atoms with E-state index in [4.69, 9.17) is 0 Å². The minimum atomic E-state index is 0.690. The molecule has 2 atom stereocenters. The highest BCUT2D eigenvalue weighted by atomic mass is 14.9. The lowest BCUT2D eigenvalue weighted by Crippen LogP contribution is -2.26. The molecule has 0 amide bonds. The van der Waals surface area contributed by atoms with Crippen LogP contribution in [0.25, 0.3) is 0 Å². The summed E-state index contributed by atoms with van der Waals surface area (Å²) in [5.74, 6) is 0.890. The Hall–Kier alpha value is -0.980. The molecule has 2 rings (SSSR count). The van der Waals surface area contributed by atoms with Crippen molar-refractivity contribution < 1.29 is 0 Å². The highest BCUT2D eigenvalue weighted by Crippen LogP contribution is 2.26. The first-order chi connectivity index (χ1) is 7.24. The van der Waals surface area contributed by atoms with E-state index in [9.17, 15) is 0 Å². The van der Waals surface area contributed by atoms with Crippen LogP contribution in [-0.4, -0.2) is 6.04 Å². The summed E-state index contributed by atoms with van der Waals surface area (Å²) in [7, 11) is 0. The van der Waals surface area contributed by atoms with Crippen molar-refractivity contribution in [1.82, 2.24) is 0 Å². The van der Waals surface area contributed by atoms with Crippen LogP contribution >= 0.6 is 0 Å². The van der Waals surface area contributed by atoms with E-state index in [1.807, 2.05) is 0 Å². The number of aryl methyl sites for hydroxylation is 1. The van der Waals surface area contributed by atoms with Gasteiger partial charge in [0.2, 0.25) is 0 Å². The van der Waals surface area contributed by atoms with Crippen LogP contribution < -0.4 is 5.32 Å². The van der Waals surface area contributed by atoms with Gasteiger partial charge in [0, 0.05) is 11.7 Å². The van der Waals surface area contributed by atoms with E-state index in [2.05, 4.69) is 43.4 Å². The fraction of sp³-hybridized carbons (Fsp3) is 0.571. The Morgan fingerprint density at radius 3 is 2.87 bits per heavy atom. The lowest BCUT2D eigenvalue weighted by Gasteiger charge is -2.28. The zero-order valence-corrected chi connectivity index (χ0v) is 9.79. The average molecular weight is 203 g/mol. The molecule has 1 aliphatic rings. The van der Waals surface area contributed by atoms with Gasteiger partial charge in [-0.25, -0.2) is 0 Å². The zero-order chi connectivity index (χ0) is 10.7. The Morgan fingerprint density at radius 1 is 1.27 bits per heavy atom. The van der Waals surface area contributed by atoms with Crippen LogP contribution in [0.2, 0.25) is 0 Å². The maximum absolute atomic E-state index is 3.65. The normalized spacial score (nSPS) is 26.3. The number of nitrogens with one attached hydrogen (secondary N) is 1. The highest BCUT2D eigenvalue weighted by molar-refractivity contribution is 5.46. The minimum absolute atomic E-state index is 0.690. The van der Waals surface area contributed by atoms with Gasteiger partial charge < -0.3 is 5.32 Å². The largest absolute Gasteiger partial charge is 0.382 e. The van der Waals surface area contributed by atoms with Gasteiger partial charge >= 0.3 is 0 Å².